The lowest BCUT2D eigenvalue weighted by Crippen LogP contribution is -2.28. The largest absolute Gasteiger partial charge is 0.349 e. The van der Waals surface area contributed by atoms with Crippen molar-refractivity contribution in [2.45, 2.75) is 19.4 Å². The fourth-order valence-corrected chi connectivity index (χ4v) is 2.67. The summed E-state index contributed by atoms with van der Waals surface area (Å²) in [5, 5.41) is 5.24. The number of fused-ring (bicyclic) bond motifs is 1. The van der Waals surface area contributed by atoms with Crippen LogP contribution < -0.4 is 5.32 Å². The summed E-state index contributed by atoms with van der Waals surface area (Å²) in [5.41, 5.74) is 1.45. The van der Waals surface area contributed by atoms with Gasteiger partial charge in [0, 0.05) is 0 Å². The summed E-state index contributed by atoms with van der Waals surface area (Å²) in [6.07, 6.45) is 0.0462. The Kier molecular flexibility index (Phi) is 4.38. The first-order valence-electron chi connectivity index (χ1n) is 7.65. The Bertz CT molecular complexity index is 844. The van der Waals surface area contributed by atoms with E-state index < -0.39 is 0 Å². The van der Waals surface area contributed by atoms with Crippen LogP contribution in [0.4, 0.5) is 4.39 Å². The van der Waals surface area contributed by atoms with Crippen LogP contribution in [0.25, 0.3) is 10.8 Å². The maximum atomic E-state index is 13.6. The molecular weight excluding hydrogens is 289 g/mol. The summed E-state index contributed by atoms with van der Waals surface area (Å²) in [6.45, 7) is 1.93. The first-order chi connectivity index (χ1) is 11.1. The number of nitrogens with one attached hydrogen (secondary N) is 1. The van der Waals surface area contributed by atoms with Crippen molar-refractivity contribution in [3.8, 4) is 0 Å². The number of carbonyl (C=O) groups excluding carboxylic acids is 1. The molecule has 0 aliphatic rings. The van der Waals surface area contributed by atoms with Gasteiger partial charge in [-0.05, 0) is 41.0 Å². The molecule has 0 radical (unpaired) electrons. The highest BCUT2D eigenvalue weighted by atomic mass is 19.1. The number of benzene rings is 3. The molecule has 0 saturated carbocycles. The molecule has 0 aliphatic carbocycles. The fraction of sp³-hybridized carbons (Fsp3) is 0.150. The second kappa shape index (κ2) is 6.61. The first kappa shape index (κ1) is 15.2. The van der Waals surface area contributed by atoms with Crippen LogP contribution in [0, 0.1) is 5.82 Å². The standard InChI is InChI=1S/C20H18FNO/c1-14(16-11-10-15-6-2-3-7-17(15)12-16)22-20(23)13-18-8-4-5-9-19(18)21/h2-12,14H,13H2,1H3,(H,22,23)/t14-/m0/s1. The Balaban J connectivity index is 1.71. The molecule has 0 fully saturated rings. The van der Waals surface area contributed by atoms with Gasteiger partial charge in [0.05, 0.1) is 12.5 Å². The van der Waals surface area contributed by atoms with E-state index in [1.807, 2.05) is 37.3 Å². The minimum atomic E-state index is -0.346. The van der Waals surface area contributed by atoms with Crippen LogP contribution in [0.1, 0.15) is 24.1 Å². The van der Waals surface area contributed by atoms with Crippen LogP contribution in [-0.2, 0) is 11.2 Å². The van der Waals surface area contributed by atoms with Gasteiger partial charge in [-0.25, -0.2) is 4.39 Å². The molecule has 1 atom stereocenters. The van der Waals surface area contributed by atoms with Crippen LogP contribution in [0.3, 0.4) is 0 Å². The van der Waals surface area contributed by atoms with Crippen molar-refractivity contribution < 1.29 is 9.18 Å². The number of carbonyl (C=O) groups is 1. The predicted octanol–water partition coefficient (Wildman–Crippen LogP) is 4.40. The van der Waals surface area contributed by atoms with Gasteiger partial charge >= 0.3 is 0 Å². The van der Waals surface area contributed by atoms with Crippen LogP contribution in [-0.4, -0.2) is 5.91 Å². The van der Waals surface area contributed by atoms with Gasteiger partial charge in [0.25, 0.3) is 0 Å². The molecule has 0 bridgehead atoms. The molecule has 0 aliphatic heterocycles. The van der Waals surface area contributed by atoms with E-state index in [9.17, 15) is 9.18 Å². The second-order valence-corrected chi connectivity index (χ2v) is 5.66. The van der Waals surface area contributed by atoms with Gasteiger partial charge in [-0.3, -0.25) is 4.79 Å². The van der Waals surface area contributed by atoms with Crippen LogP contribution >= 0.6 is 0 Å². The smallest absolute Gasteiger partial charge is 0.225 e. The van der Waals surface area contributed by atoms with Gasteiger partial charge in [-0.2, -0.15) is 0 Å². The van der Waals surface area contributed by atoms with Crippen LogP contribution in [0.5, 0.6) is 0 Å². The quantitative estimate of drug-likeness (QED) is 0.760. The Morgan fingerprint density at radius 2 is 1.70 bits per heavy atom. The zero-order chi connectivity index (χ0) is 16.2. The lowest BCUT2D eigenvalue weighted by Gasteiger charge is -2.15. The molecule has 3 heteroatoms. The molecule has 3 rings (SSSR count). The van der Waals surface area contributed by atoms with Crippen molar-refractivity contribution in [2.24, 2.45) is 0 Å². The van der Waals surface area contributed by atoms with Crippen molar-refractivity contribution in [3.05, 3.63) is 83.7 Å². The van der Waals surface area contributed by atoms with Crippen molar-refractivity contribution in [3.63, 3.8) is 0 Å². The highest BCUT2D eigenvalue weighted by Crippen LogP contribution is 2.20. The molecule has 1 amide bonds. The van der Waals surface area contributed by atoms with Gasteiger partial charge in [-0.1, -0.05) is 54.6 Å². The minimum absolute atomic E-state index is 0.0462. The van der Waals surface area contributed by atoms with Gasteiger partial charge in [0.15, 0.2) is 0 Å². The van der Waals surface area contributed by atoms with E-state index in [2.05, 4.69) is 17.4 Å². The molecule has 0 heterocycles. The number of halogens is 1. The predicted molar refractivity (Wildman–Crippen MR) is 90.6 cm³/mol. The second-order valence-electron chi connectivity index (χ2n) is 5.66. The molecule has 0 aromatic heterocycles. The van der Waals surface area contributed by atoms with Crippen LogP contribution in [0.2, 0.25) is 0 Å². The molecule has 3 aromatic carbocycles. The average Bonchev–Trinajstić information content (AvgIpc) is 2.56. The SMILES string of the molecule is C[C@H](NC(=O)Cc1ccccc1F)c1ccc2ccccc2c1. The lowest BCUT2D eigenvalue weighted by molar-refractivity contribution is -0.121. The molecular formula is C20H18FNO. The topological polar surface area (TPSA) is 29.1 Å². The summed E-state index contributed by atoms with van der Waals surface area (Å²) in [5.74, 6) is -0.531. The molecule has 2 nitrogen and oxygen atoms in total. The van der Waals surface area contributed by atoms with Crippen molar-refractivity contribution in [2.75, 3.05) is 0 Å². The van der Waals surface area contributed by atoms with E-state index in [1.54, 1.807) is 18.2 Å². The summed E-state index contributed by atoms with van der Waals surface area (Å²) in [4.78, 5) is 12.1. The normalized spacial score (nSPS) is 12.1. The maximum Gasteiger partial charge on any atom is 0.225 e. The number of hydrogen-bond acceptors (Lipinski definition) is 1. The molecule has 0 spiro atoms. The monoisotopic (exact) mass is 307 g/mol. The average molecular weight is 307 g/mol. The van der Waals surface area contributed by atoms with Crippen molar-refractivity contribution in [1.82, 2.24) is 5.32 Å². The van der Waals surface area contributed by atoms with Gasteiger partial charge < -0.3 is 5.32 Å². The molecule has 3 aromatic rings. The van der Waals surface area contributed by atoms with Crippen molar-refractivity contribution >= 4 is 16.7 Å². The zero-order valence-corrected chi connectivity index (χ0v) is 12.9. The highest BCUT2D eigenvalue weighted by Gasteiger charge is 2.12. The van der Waals surface area contributed by atoms with E-state index in [4.69, 9.17) is 0 Å². The Morgan fingerprint density at radius 1 is 1.00 bits per heavy atom. The third-order valence-corrected chi connectivity index (χ3v) is 3.96. The van der Waals surface area contributed by atoms with E-state index in [1.165, 1.54) is 11.5 Å². The summed E-state index contributed by atoms with van der Waals surface area (Å²) >= 11 is 0. The maximum absolute atomic E-state index is 13.6. The van der Waals surface area contributed by atoms with Gasteiger partial charge in [0.1, 0.15) is 5.82 Å². The number of hydrogen-bond donors (Lipinski definition) is 1. The number of rotatable bonds is 4. The molecule has 116 valence electrons. The van der Waals surface area contributed by atoms with Crippen LogP contribution in [0.15, 0.2) is 66.7 Å². The Hall–Kier alpha value is -2.68. The van der Waals surface area contributed by atoms with Crippen molar-refractivity contribution in [1.29, 1.82) is 0 Å². The van der Waals surface area contributed by atoms with E-state index in [0.29, 0.717) is 5.56 Å². The third-order valence-electron chi connectivity index (χ3n) is 3.96. The summed E-state index contributed by atoms with van der Waals surface area (Å²) in [6, 6.07) is 20.5. The van der Waals surface area contributed by atoms with E-state index in [0.717, 1.165) is 10.9 Å². The first-order valence-corrected chi connectivity index (χ1v) is 7.65. The molecule has 1 N–H and O–H groups in total. The Morgan fingerprint density at radius 3 is 2.48 bits per heavy atom. The molecule has 0 saturated heterocycles. The highest BCUT2D eigenvalue weighted by molar-refractivity contribution is 5.83. The molecule has 23 heavy (non-hydrogen) atoms. The van der Waals surface area contributed by atoms with E-state index >= 15 is 0 Å². The fourth-order valence-electron chi connectivity index (χ4n) is 2.67. The summed E-state index contributed by atoms with van der Waals surface area (Å²) < 4.78 is 13.6. The lowest BCUT2D eigenvalue weighted by atomic mass is 10.0. The van der Waals surface area contributed by atoms with Gasteiger partial charge in [0.2, 0.25) is 5.91 Å². The van der Waals surface area contributed by atoms with Gasteiger partial charge in [-0.15, -0.1) is 0 Å². The zero-order valence-electron chi connectivity index (χ0n) is 12.9. The summed E-state index contributed by atoms with van der Waals surface area (Å²) in [7, 11) is 0. The minimum Gasteiger partial charge on any atom is -0.349 e. The van der Waals surface area contributed by atoms with E-state index in [-0.39, 0.29) is 24.2 Å². The Labute approximate surface area is 135 Å². The number of amides is 1. The third kappa shape index (κ3) is 3.57. The molecule has 0 unspecified atom stereocenters.